The second kappa shape index (κ2) is 6.28. The van der Waals surface area contributed by atoms with Gasteiger partial charge in [0.2, 0.25) is 0 Å². The lowest BCUT2D eigenvalue weighted by Gasteiger charge is -2.29. The second-order valence-corrected chi connectivity index (χ2v) is 5.76. The molecule has 1 aliphatic heterocycles. The number of nitrogens with two attached hydrogens (primary N) is 1. The lowest BCUT2D eigenvalue weighted by atomic mass is 10.1. The molecule has 1 fully saturated rings. The first kappa shape index (κ1) is 12.7. The van der Waals surface area contributed by atoms with E-state index in [4.69, 9.17) is 5.73 Å². The minimum atomic E-state index is 0.340. The van der Waals surface area contributed by atoms with Crippen molar-refractivity contribution in [3.8, 4) is 0 Å². The molecule has 94 valence electrons. The van der Waals surface area contributed by atoms with E-state index in [1.165, 1.54) is 4.88 Å². The smallest absolute Gasteiger partial charge is 0.147 e. The van der Waals surface area contributed by atoms with Gasteiger partial charge in [-0.3, -0.25) is 9.69 Å². The number of nitrogens with zero attached hydrogens (tertiary/aromatic N) is 1. The molecule has 4 heteroatoms. The molecule has 2 rings (SSSR count). The van der Waals surface area contributed by atoms with Crippen molar-refractivity contribution in [1.82, 2.24) is 4.90 Å². The summed E-state index contributed by atoms with van der Waals surface area (Å²) in [6.45, 7) is 2.57. The van der Waals surface area contributed by atoms with E-state index in [-0.39, 0.29) is 0 Å². The summed E-state index contributed by atoms with van der Waals surface area (Å²) in [6, 6.07) is 4.47. The Balaban J connectivity index is 1.67. The molecule has 0 bridgehead atoms. The van der Waals surface area contributed by atoms with Crippen LogP contribution in [0.3, 0.4) is 0 Å². The molecule has 17 heavy (non-hydrogen) atoms. The van der Waals surface area contributed by atoms with E-state index in [0.29, 0.717) is 24.8 Å². The molecule has 1 aromatic rings. The Labute approximate surface area is 107 Å². The van der Waals surface area contributed by atoms with Gasteiger partial charge in [-0.2, -0.15) is 0 Å². The Kier molecular flexibility index (Phi) is 4.71. The lowest BCUT2D eigenvalue weighted by Crippen LogP contribution is -2.41. The third-order valence-corrected chi connectivity index (χ3v) is 4.20. The van der Waals surface area contributed by atoms with Crippen molar-refractivity contribution in [2.45, 2.75) is 31.7 Å². The van der Waals surface area contributed by atoms with Crippen LogP contribution < -0.4 is 5.73 Å². The molecule has 0 amide bonds. The van der Waals surface area contributed by atoms with Crippen LogP contribution in [-0.2, 0) is 11.2 Å². The van der Waals surface area contributed by atoms with E-state index >= 15 is 0 Å². The summed E-state index contributed by atoms with van der Waals surface area (Å²) >= 11 is 1.73. The van der Waals surface area contributed by atoms with E-state index in [2.05, 4.69) is 16.3 Å². The molecule has 0 saturated carbocycles. The molecule has 1 aliphatic rings. The van der Waals surface area contributed by atoms with Crippen molar-refractivity contribution in [2.24, 2.45) is 5.73 Å². The Morgan fingerprint density at radius 1 is 1.47 bits per heavy atom. The topological polar surface area (TPSA) is 46.3 Å². The number of likely N-dealkylation sites (tertiary alicyclic amines) is 1. The first-order valence-electron chi connectivity index (χ1n) is 6.26. The summed E-state index contributed by atoms with van der Waals surface area (Å²) in [5.74, 6) is 0.355. The Morgan fingerprint density at radius 2 is 2.24 bits per heavy atom. The van der Waals surface area contributed by atoms with Crippen LogP contribution in [-0.4, -0.2) is 36.4 Å². The van der Waals surface area contributed by atoms with E-state index in [1.807, 2.05) is 6.07 Å². The highest BCUT2D eigenvalue weighted by atomic mass is 32.1. The quantitative estimate of drug-likeness (QED) is 0.867. The van der Waals surface area contributed by atoms with Crippen LogP contribution in [0.4, 0.5) is 0 Å². The van der Waals surface area contributed by atoms with Crippen LogP contribution >= 0.6 is 11.3 Å². The highest BCUT2D eigenvalue weighted by molar-refractivity contribution is 7.09. The van der Waals surface area contributed by atoms with Gasteiger partial charge in [-0.25, -0.2) is 0 Å². The van der Waals surface area contributed by atoms with Crippen LogP contribution in [0.1, 0.15) is 24.1 Å². The first-order chi connectivity index (χ1) is 8.24. The Hall–Kier alpha value is -0.710. The standard InChI is InChI=1S/C13H20N2OS/c14-11-5-7-15(8-6-11)10-12(16)3-4-13-2-1-9-17-13/h1-2,9,11H,3-8,10,14H2. The van der Waals surface area contributed by atoms with Crippen molar-refractivity contribution < 1.29 is 4.79 Å². The van der Waals surface area contributed by atoms with Gasteiger partial charge in [0.1, 0.15) is 5.78 Å². The molecule has 1 aromatic heterocycles. The number of Topliss-reactive ketones (excluding diaryl/α,β-unsaturated/α-hetero) is 1. The largest absolute Gasteiger partial charge is 0.328 e. The third kappa shape index (κ3) is 4.22. The minimum absolute atomic E-state index is 0.340. The summed E-state index contributed by atoms with van der Waals surface area (Å²) < 4.78 is 0. The number of piperidine rings is 1. The predicted molar refractivity (Wildman–Crippen MR) is 71.3 cm³/mol. The van der Waals surface area contributed by atoms with Gasteiger partial charge in [0.25, 0.3) is 0 Å². The Morgan fingerprint density at radius 3 is 2.88 bits per heavy atom. The van der Waals surface area contributed by atoms with E-state index in [1.54, 1.807) is 11.3 Å². The molecular formula is C13H20N2OS. The van der Waals surface area contributed by atoms with Gasteiger partial charge in [0.05, 0.1) is 6.54 Å². The fourth-order valence-corrected chi connectivity index (χ4v) is 2.87. The van der Waals surface area contributed by atoms with E-state index in [0.717, 1.165) is 32.4 Å². The summed E-state index contributed by atoms with van der Waals surface area (Å²) in [5, 5.41) is 2.06. The molecule has 0 atom stereocenters. The molecular weight excluding hydrogens is 232 g/mol. The van der Waals surface area contributed by atoms with Crippen LogP contribution in [0.5, 0.6) is 0 Å². The van der Waals surface area contributed by atoms with Crippen molar-refractivity contribution in [3.05, 3.63) is 22.4 Å². The third-order valence-electron chi connectivity index (χ3n) is 3.26. The summed E-state index contributed by atoms with van der Waals surface area (Å²) in [7, 11) is 0. The molecule has 0 aromatic carbocycles. The monoisotopic (exact) mass is 252 g/mol. The van der Waals surface area contributed by atoms with Gasteiger partial charge in [-0.05, 0) is 30.7 Å². The Bertz CT molecular complexity index is 342. The van der Waals surface area contributed by atoms with Crippen molar-refractivity contribution >= 4 is 17.1 Å². The highest BCUT2D eigenvalue weighted by Gasteiger charge is 2.17. The minimum Gasteiger partial charge on any atom is -0.328 e. The summed E-state index contributed by atoms with van der Waals surface area (Å²) in [4.78, 5) is 15.4. The molecule has 2 N–H and O–H groups in total. The number of hydrogen-bond donors (Lipinski definition) is 1. The zero-order valence-electron chi connectivity index (χ0n) is 10.1. The van der Waals surface area contributed by atoms with Crippen molar-refractivity contribution in [1.29, 1.82) is 0 Å². The van der Waals surface area contributed by atoms with Gasteiger partial charge < -0.3 is 5.73 Å². The van der Waals surface area contributed by atoms with Crippen LogP contribution in [0.2, 0.25) is 0 Å². The maximum absolute atomic E-state index is 11.8. The molecule has 0 spiro atoms. The number of ketones is 1. The molecule has 0 aliphatic carbocycles. The molecule has 0 radical (unpaired) electrons. The molecule has 2 heterocycles. The van der Waals surface area contributed by atoms with Gasteiger partial charge in [-0.15, -0.1) is 11.3 Å². The van der Waals surface area contributed by atoms with Gasteiger partial charge in [0.15, 0.2) is 0 Å². The van der Waals surface area contributed by atoms with Gasteiger partial charge >= 0.3 is 0 Å². The normalized spacial score (nSPS) is 18.4. The SMILES string of the molecule is NC1CCN(CC(=O)CCc2cccs2)CC1. The fraction of sp³-hybridized carbons (Fsp3) is 0.615. The maximum Gasteiger partial charge on any atom is 0.147 e. The van der Waals surface area contributed by atoms with Crippen LogP contribution in [0, 0.1) is 0 Å². The van der Waals surface area contributed by atoms with Gasteiger partial charge in [0, 0.05) is 30.4 Å². The number of thiophene rings is 1. The van der Waals surface area contributed by atoms with E-state index in [9.17, 15) is 4.79 Å². The summed E-state index contributed by atoms with van der Waals surface area (Å²) in [5.41, 5.74) is 5.84. The second-order valence-electron chi connectivity index (χ2n) is 4.73. The van der Waals surface area contributed by atoms with E-state index < -0.39 is 0 Å². The average Bonchev–Trinajstić information content (AvgIpc) is 2.83. The average molecular weight is 252 g/mol. The molecule has 0 unspecified atom stereocenters. The molecule has 1 saturated heterocycles. The molecule has 3 nitrogen and oxygen atoms in total. The fourth-order valence-electron chi connectivity index (χ4n) is 2.16. The van der Waals surface area contributed by atoms with Crippen LogP contribution in [0.25, 0.3) is 0 Å². The maximum atomic E-state index is 11.8. The number of hydrogen-bond acceptors (Lipinski definition) is 4. The van der Waals surface area contributed by atoms with Gasteiger partial charge in [-0.1, -0.05) is 6.07 Å². The van der Waals surface area contributed by atoms with Crippen molar-refractivity contribution in [3.63, 3.8) is 0 Å². The zero-order chi connectivity index (χ0) is 12.1. The first-order valence-corrected chi connectivity index (χ1v) is 7.14. The lowest BCUT2D eigenvalue weighted by molar-refractivity contribution is -0.120. The zero-order valence-corrected chi connectivity index (χ0v) is 10.9. The number of carbonyl (C=O) groups excluding carboxylic acids is 1. The summed E-state index contributed by atoms with van der Waals surface area (Å²) in [6.07, 6.45) is 3.61. The van der Waals surface area contributed by atoms with Crippen LogP contribution in [0.15, 0.2) is 17.5 Å². The number of rotatable bonds is 5. The van der Waals surface area contributed by atoms with Crippen molar-refractivity contribution in [2.75, 3.05) is 19.6 Å². The number of carbonyl (C=O) groups is 1. The highest BCUT2D eigenvalue weighted by Crippen LogP contribution is 2.12. The number of aryl methyl sites for hydroxylation is 1. The predicted octanol–water partition coefficient (Wildman–Crippen LogP) is 1.67.